The van der Waals surface area contributed by atoms with Crippen LogP contribution in [-0.2, 0) is 6.42 Å². The highest BCUT2D eigenvalue weighted by molar-refractivity contribution is 5.97. The SMILES string of the molecule is CC(=N)c1cc(CC(C)C)ccc1C. The lowest BCUT2D eigenvalue weighted by atomic mass is 9.97. The second-order valence-corrected chi connectivity index (χ2v) is 4.37. The van der Waals surface area contributed by atoms with Crippen LogP contribution in [0.15, 0.2) is 18.2 Å². The zero-order valence-corrected chi connectivity index (χ0v) is 9.52. The summed E-state index contributed by atoms with van der Waals surface area (Å²) in [5.74, 6) is 0.677. The summed E-state index contributed by atoms with van der Waals surface area (Å²) in [7, 11) is 0. The van der Waals surface area contributed by atoms with Gasteiger partial charge in [-0.2, -0.15) is 0 Å². The Morgan fingerprint density at radius 3 is 2.50 bits per heavy atom. The lowest BCUT2D eigenvalue weighted by molar-refractivity contribution is 0.647. The third-order valence-electron chi connectivity index (χ3n) is 2.35. The van der Waals surface area contributed by atoms with Gasteiger partial charge in [0.2, 0.25) is 0 Å². The van der Waals surface area contributed by atoms with Gasteiger partial charge in [-0.15, -0.1) is 0 Å². The minimum Gasteiger partial charge on any atom is -0.305 e. The van der Waals surface area contributed by atoms with Crippen molar-refractivity contribution >= 4 is 5.71 Å². The Hall–Kier alpha value is -1.11. The van der Waals surface area contributed by atoms with E-state index in [1.165, 1.54) is 11.1 Å². The number of rotatable bonds is 3. The standard InChI is InChI=1S/C13H19N/c1-9(2)7-12-6-5-10(3)13(8-12)11(4)14/h5-6,8-9,14H,7H2,1-4H3. The third-order valence-corrected chi connectivity index (χ3v) is 2.35. The Labute approximate surface area is 86.7 Å². The van der Waals surface area contributed by atoms with Crippen molar-refractivity contribution in [1.29, 1.82) is 5.41 Å². The Bertz CT molecular complexity index is 337. The molecule has 76 valence electrons. The van der Waals surface area contributed by atoms with Gasteiger partial charge in [-0.3, -0.25) is 0 Å². The Morgan fingerprint density at radius 1 is 1.36 bits per heavy atom. The van der Waals surface area contributed by atoms with Gasteiger partial charge in [-0.1, -0.05) is 26.0 Å². The number of nitrogens with one attached hydrogen (secondary N) is 1. The van der Waals surface area contributed by atoms with Crippen LogP contribution < -0.4 is 0 Å². The molecule has 0 aliphatic carbocycles. The first-order valence-corrected chi connectivity index (χ1v) is 5.15. The molecular formula is C13H19N. The van der Waals surface area contributed by atoms with E-state index in [2.05, 4.69) is 39.0 Å². The molecule has 0 unspecified atom stereocenters. The van der Waals surface area contributed by atoms with Gasteiger partial charge < -0.3 is 5.41 Å². The van der Waals surface area contributed by atoms with Gasteiger partial charge in [0.1, 0.15) is 0 Å². The zero-order chi connectivity index (χ0) is 10.7. The number of hydrogen-bond acceptors (Lipinski definition) is 1. The molecule has 0 saturated carbocycles. The minimum atomic E-state index is 0.660. The molecule has 1 aromatic carbocycles. The average Bonchev–Trinajstić information content (AvgIpc) is 2.07. The summed E-state index contributed by atoms with van der Waals surface area (Å²) in [6, 6.07) is 6.44. The Morgan fingerprint density at radius 2 is 2.00 bits per heavy atom. The first-order valence-electron chi connectivity index (χ1n) is 5.15. The topological polar surface area (TPSA) is 23.9 Å². The molecule has 1 aromatic rings. The molecular weight excluding hydrogens is 170 g/mol. The van der Waals surface area contributed by atoms with Crippen LogP contribution in [0.3, 0.4) is 0 Å². The smallest absolute Gasteiger partial charge is 0.0357 e. The van der Waals surface area contributed by atoms with E-state index in [0.717, 1.165) is 12.0 Å². The molecule has 0 aliphatic heterocycles. The van der Waals surface area contributed by atoms with Crippen molar-refractivity contribution in [1.82, 2.24) is 0 Å². The number of aryl methyl sites for hydroxylation is 1. The van der Waals surface area contributed by atoms with E-state index in [1.807, 2.05) is 6.92 Å². The lowest BCUT2D eigenvalue weighted by Gasteiger charge is -2.09. The predicted molar refractivity (Wildman–Crippen MR) is 62.2 cm³/mol. The fraction of sp³-hybridized carbons (Fsp3) is 0.462. The van der Waals surface area contributed by atoms with Crippen LogP contribution in [0.1, 0.15) is 37.5 Å². The summed E-state index contributed by atoms with van der Waals surface area (Å²) in [6.45, 7) is 8.35. The van der Waals surface area contributed by atoms with E-state index in [-0.39, 0.29) is 0 Å². The van der Waals surface area contributed by atoms with Crippen molar-refractivity contribution in [3.8, 4) is 0 Å². The van der Waals surface area contributed by atoms with Crippen molar-refractivity contribution in [3.63, 3.8) is 0 Å². The Balaban J connectivity index is 3.00. The van der Waals surface area contributed by atoms with Crippen LogP contribution in [0.2, 0.25) is 0 Å². The van der Waals surface area contributed by atoms with Crippen molar-refractivity contribution in [2.45, 2.75) is 34.1 Å². The maximum absolute atomic E-state index is 7.66. The molecule has 0 radical (unpaired) electrons. The maximum atomic E-state index is 7.66. The highest BCUT2D eigenvalue weighted by Gasteiger charge is 2.03. The van der Waals surface area contributed by atoms with Gasteiger partial charge in [0.25, 0.3) is 0 Å². The predicted octanol–water partition coefficient (Wildman–Crippen LogP) is 3.58. The third kappa shape index (κ3) is 2.69. The molecule has 0 heterocycles. The molecule has 0 aromatic heterocycles. The fourth-order valence-corrected chi connectivity index (χ4v) is 1.67. The van der Waals surface area contributed by atoms with Gasteiger partial charge in [-0.25, -0.2) is 0 Å². The Kier molecular flexibility index (Phi) is 3.45. The lowest BCUT2D eigenvalue weighted by Crippen LogP contribution is -2.00. The van der Waals surface area contributed by atoms with Crippen molar-refractivity contribution in [3.05, 3.63) is 34.9 Å². The summed E-state index contributed by atoms with van der Waals surface area (Å²) in [5, 5.41) is 7.66. The molecule has 0 amide bonds. The molecule has 14 heavy (non-hydrogen) atoms. The molecule has 0 fully saturated rings. The van der Waals surface area contributed by atoms with Crippen LogP contribution in [0.5, 0.6) is 0 Å². The molecule has 1 N–H and O–H groups in total. The second-order valence-electron chi connectivity index (χ2n) is 4.37. The zero-order valence-electron chi connectivity index (χ0n) is 9.52. The summed E-state index contributed by atoms with van der Waals surface area (Å²) < 4.78 is 0. The summed E-state index contributed by atoms with van der Waals surface area (Å²) in [6.07, 6.45) is 1.10. The van der Waals surface area contributed by atoms with E-state index in [0.29, 0.717) is 11.6 Å². The highest BCUT2D eigenvalue weighted by atomic mass is 14.4. The quantitative estimate of drug-likeness (QED) is 0.703. The molecule has 1 heteroatoms. The summed E-state index contributed by atoms with van der Waals surface area (Å²) in [5.41, 5.74) is 4.29. The van der Waals surface area contributed by atoms with E-state index >= 15 is 0 Å². The molecule has 0 atom stereocenters. The highest BCUT2D eigenvalue weighted by Crippen LogP contribution is 2.14. The van der Waals surface area contributed by atoms with E-state index in [9.17, 15) is 0 Å². The molecule has 0 spiro atoms. The van der Waals surface area contributed by atoms with Crippen molar-refractivity contribution in [2.24, 2.45) is 5.92 Å². The summed E-state index contributed by atoms with van der Waals surface area (Å²) >= 11 is 0. The van der Waals surface area contributed by atoms with E-state index in [1.54, 1.807) is 0 Å². The van der Waals surface area contributed by atoms with Gasteiger partial charge in [-0.05, 0) is 48.9 Å². The molecule has 0 aliphatic rings. The summed E-state index contributed by atoms with van der Waals surface area (Å²) in [4.78, 5) is 0. The van der Waals surface area contributed by atoms with Crippen LogP contribution in [-0.4, -0.2) is 5.71 Å². The largest absolute Gasteiger partial charge is 0.305 e. The molecule has 0 saturated heterocycles. The van der Waals surface area contributed by atoms with Crippen LogP contribution in [0.25, 0.3) is 0 Å². The second kappa shape index (κ2) is 4.41. The monoisotopic (exact) mass is 189 g/mol. The normalized spacial score (nSPS) is 10.6. The fourth-order valence-electron chi connectivity index (χ4n) is 1.67. The van der Waals surface area contributed by atoms with Gasteiger partial charge >= 0.3 is 0 Å². The minimum absolute atomic E-state index is 0.660. The number of hydrogen-bond donors (Lipinski definition) is 1. The van der Waals surface area contributed by atoms with Crippen LogP contribution in [0.4, 0.5) is 0 Å². The van der Waals surface area contributed by atoms with Crippen LogP contribution in [0, 0.1) is 18.3 Å². The first kappa shape index (κ1) is 11.0. The maximum Gasteiger partial charge on any atom is 0.0357 e. The van der Waals surface area contributed by atoms with Crippen molar-refractivity contribution in [2.75, 3.05) is 0 Å². The van der Waals surface area contributed by atoms with Gasteiger partial charge in [0.15, 0.2) is 0 Å². The van der Waals surface area contributed by atoms with Crippen molar-refractivity contribution < 1.29 is 0 Å². The van der Waals surface area contributed by atoms with E-state index < -0.39 is 0 Å². The molecule has 1 nitrogen and oxygen atoms in total. The average molecular weight is 189 g/mol. The molecule has 0 bridgehead atoms. The van der Waals surface area contributed by atoms with Gasteiger partial charge in [0.05, 0.1) is 0 Å². The molecule has 1 rings (SSSR count). The first-order chi connectivity index (χ1) is 6.50. The van der Waals surface area contributed by atoms with Crippen LogP contribution >= 0.6 is 0 Å². The van der Waals surface area contributed by atoms with Gasteiger partial charge in [0, 0.05) is 5.71 Å². The number of benzene rings is 1. The van der Waals surface area contributed by atoms with E-state index in [4.69, 9.17) is 5.41 Å².